The van der Waals surface area contributed by atoms with Gasteiger partial charge in [-0.2, -0.15) is 0 Å². The number of ether oxygens (including phenoxy) is 6. The molecule has 25 heteroatoms. The fraction of sp³-hybridized carbons (Fsp3) is 0.308. The van der Waals surface area contributed by atoms with Crippen LogP contribution in [-0.2, 0) is 19.0 Å². The molecular formula is C65H66N6O19. The first-order chi connectivity index (χ1) is 43.4. The Morgan fingerprint density at radius 2 is 0.722 bits per heavy atom. The van der Waals surface area contributed by atoms with E-state index in [-0.39, 0.29) is 23.2 Å². The van der Waals surface area contributed by atoms with Gasteiger partial charge in [0.25, 0.3) is 0 Å². The Morgan fingerprint density at radius 1 is 0.433 bits per heavy atom. The first-order valence-corrected chi connectivity index (χ1v) is 29.0. The van der Waals surface area contributed by atoms with Crippen molar-refractivity contribution in [3.05, 3.63) is 144 Å². The summed E-state index contributed by atoms with van der Waals surface area (Å²) in [5, 5.41) is 128. The maximum atomic E-state index is 12.7. The molecule has 4 aromatic carbocycles. The average molecular weight is 1240 g/mol. The van der Waals surface area contributed by atoms with Crippen LogP contribution in [0.4, 0.5) is 5.69 Å². The van der Waals surface area contributed by atoms with Gasteiger partial charge in [-0.05, 0) is 126 Å². The normalized spacial score (nSPS) is 27.7. The smallest absolute Gasteiger partial charge is 0.240 e. The second-order valence-electron chi connectivity index (χ2n) is 22.4. The summed E-state index contributed by atoms with van der Waals surface area (Å²) in [7, 11) is 0. The van der Waals surface area contributed by atoms with E-state index in [2.05, 4.69) is 15.3 Å². The maximum Gasteiger partial charge on any atom is 0.240 e. The SMILES string of the molecule is C[C@H](N)C(=O)Nc1ccc(-c2c3nc(c(-c4ccc(O[C@@H]5O[C@H](CO)[C@@H](O)[C@H](O)[C@H]5O)cc4)c4ccc([nH]4)c(-c4ccc(O[C@@H]5O[C@H](CO)[C@@H](O)[C@H](O)[C@H]5O)cc4)c4ccc([nH]4)c(-c4ccc(O[C@@H]5O[C@H](CO)[C@@H](O)[C@H](O)[C@H]5O)cc4)c4nc2C=C4)C=C3)cc1. The summed E-state index contributed by atoms with van der Waals surface area (Å²) >= 11 is 0. The Kier molecular flexibility index (Phi) is 17.8. The number of H-pyrrole nitrogens is 2. The summed E-state index contributed by atoms with van der Waals surface area (Å²) < 4.78 is 34.9. The van der Waals surface area contributed by atoms with Crippen molar-refractivity contribution in [2.45, 2.75) is 105 Å². The summed E-state index contributed by atoms with van der Waals surface area (Å²) in [5.41, 5.74) is 16.0. The molecule has 0 radical (unpaired) electrons. The second kappa shape index (κ2) is 25.9. The third kappa shape index (κ3) is 12.1. The number of benzene rings is 4. The number of fused-ring (bicyclic) bond motifs is 8. The highest BCUT2D eigenvalue weighted by molar-refractivity contribution is 6.01. The summed E-state index contributed by atoms with van der Waals surface area (Å²) in [6.07, 6.45) is -15.2. The molecule has 0 aliphatic carbocycles. The van der Waals surface area contributed by atoms with Crippen LogP contribution in [0, 0.1) is 0 Å². The fourth-order valence-electron chi connectivity index (χ4n) is 11.4. The van der Waals surface area contributed by atoms with Crippen molar-refractivity contribution >= 4 is 58.0 Å². The zero-order valence-electron chi connectivity index (χ0n) is 47.9. The molecule has 470 valence electrons. The maximum absolute atomic E-state index is 12.7. The van der Waals surface area contributed by atoms with Gasteiger partial charge in [-0.3, -0.25) is 4.79 Å². The number of nitrogens with one attached hydrogen (secondary N) is 3. The third-order valence-corrected chi connectivity index (χ3v) is 16.3. The molecule has 3 fully saturated rings. The van der Waals surface area contributed by atoms with E-state index >= 15 is 0 Å². The number of nitrogens with zero attached hydrogens (tertiary/aromatic N) is 2. The van der Waals surface area contributed by atoms with E-state index in [1.54, 1.807) is 91.9 Å². The van der Waals surface area contributed by atoms with Gasteiger partial charge in [0.2, 0.25) is 24.8 Å². The van der Waals surface area contributed by atoms with E-state index in [4.69, 9.17) is 44.1 Å². The Labute approximate surface area is 512 Å². The first kappa shape index (κ1) is 61.9. The van der Waals surface area contributed by atoms with Gasteiger partial charge in [0.15, 0.2) is 0 Å². The van der Waals surface area contributed by atoms with Crippen LogP contribution in [0.5, 0.6) is 17.2 Å². The van der Waals surface area contributed by atoms with Gasteiger partial charge < -0.3 is 111 Å². The number of aliphatic hydroxyl groups is 12. The molecule has 8 bridgehead atoms. The number of rotatable bonds is 15. The van der Waals surface area contributed by atoms with E-state index in [0.717, 1.165) is 0 Å². The van der Waals surface area contributed by atoms with Crippen molar-refractivity contribution in [3.8, 4) is 61.8 Å². The van der Waals surface area contributed by atoms with Crippen LogP contribution in [0.1, 0.15) is 29.7 Å². The Bertz CT molecular complexity index is 3790. The van der Waals surface area contributed by atoms with Crippen molar-refractivity contribution in [2.75, 3.05) is 25.1 Å². The molecule has 3 aromatic heterocycles. The van der Waals surface area contributed by atoms with E-state index in [1.807, 2.05) is 60.7 Å². The monoisotopic (exact) mass is 1230 g/mol. The molecule has 90 heavy (non-hydrogen) atoms. The molecular weight excluding hydrogens is 1170 g/mol. The second-order valence-corrected chi connectivity index (χ2v) is 22.4. The molecule has 7 aromatic rings. The van der Waals surface area contributed by atoms with Crippen LogP contribution in [0.25, 0.3) is 90.9 Å². The number of aromatic nitrogens is 4. The number of hydrogen-bond acceptors (Lipinski definition) is 22. The number of carbonyl (C=O) groups is 1. The predicted octanol–water partition coefficient (Wildman–Crippen LogP) is 2.15. The van der Waals surface area contributed by atoms with Crippen LogP contribution in [0.2, 0.25) is 0 Å². The topological polar surface area (TPSA) is 411 Å². The van der Waals surface area contributed by atoms with Crippen LogP contribution < -0.4 is 25.3 Å². The highest BCUT2D eigenvalue weighted by Crippen LogP contribution is 2.41. The minimum Gasteiger partial charge on any atom is -0.462 e. The standard InChI is InChI=1S/C65H66N6O19/c1-29(66)62(84)67-34-10-2-30(3-11-34)49-38-18-20-40(68-38)50(31-4-12-35(13-5-31)85-63-59(81)56(78)53(75)46(26-72)88-63)42-22-24-44(70-42)52(33-8-16-37(17-9-33)87-65-61(83)58(80)55(77)48(28-74)90-65)45-25-23-43(71-45)51(41-21-19-39(49)69-41)32-6-14-36(15-7-32)86-64-60(82)57(79)54(76)47(27-73)89-64/h2-25,29,46-48,53-61,63-65,70-83H,26-28,66H2,1H3,(H,67,84)/t29-,46+,47+,48+,53+,54+,55+,56-,57-,58-,59+,60+,61+,63+,64+,65+/m0/s1. The lowest BCUT2D eigenvalue weighted by Gasteiger charge is -2.39. The van der Waals surface area contributed by atoms with E-state index < -0.39 is 118 Å². The summed E-state index contributed by atoms with van der Waals surface area (Å²) in [6, 6.07) is 34.4. The van der Waals surface area contributed by atoms with Gasteiger partial charge >= 0.3 is 0 Å². The molecule has 16 atom stereocenters. The lowest BCUT2D eigenvalue weighted by molar-refractivity contribution is -0.277. The highest BCUT2D eigenvalue weighted by Gasteiger charge is 2.47. The molecule has 12 rings (SSSR count). The summed E-state index contributed by atoms with van der Waals surface area (Å²) in [5.74, 6) is 0.289. The van der Waals surface area contributed by atoms with Gasteiger partial charge in [0.1, 0.15) is 90.5 Å². The van der Waals surface area contributed by atoms with Gasteiger partial charge in [-0.25, -0.2) is 9.97 Å². The average Bonchev–Trinajstić information content (AvgIpc) is 1.65. The van der Waals surface area contributed by atoms with E-state index in [9.17, 15) is 66.1 Å². The van der Waals surface area contributed by atoms with Crippen molar-refractivity contribution in [3.63, 3.8) is 0 Å². The van der Waals surface area contributed by atoms with E-state index in [0.29, 0.717) is 95.0 Å². The summed E-state index contributed by atoms with van der Waals surface area (Å²) in [6.45, 7) is -0.350. The lowest BCUT2D eigenvalue weighted by atomic mass is 9.99. The van der Waals surface area contributed by atoms with Crippen LogP contribution in [-0.4, -0.2) is 205 Å². The van der Waals surface area contributed by atoms with Crippen molar-refractivity contribution < 1.29 is 94.5 Å². The fourth-order valence-corrected chi connectivity index (χ4v) is 11.4. The minimum absolute atomic E-state index is 0.219. The Hall–Kier alpha value is -8.29. The molecule has 3 saturated heterocycles. The van der Waals surface area contributed by atoms with Gasteiger partial charge in [-0.15, -0.1) is 0 Å². The number of aromatic amines is 2. The highest BCUT2D eigenvalue weighted by atomic mass is 16.7. The number of anilines is 1. The molecule has 0 spiro atoms. The first-order valence-electron chi connectivity index (χ1n) is 29.0. The van der Waals surface area contributed by atoms with Crippen LogP contribution >= 0.6 is 0 Å². The van der Waals surface area contributed by atoms with E-state index in [1.165, 1.54) is 0 Å². The molecule has 8 heterocycles. The zero-order chi connectivity index (χ0) is 63.2. The zero-order valence-corrected chi connectivity index (χ0v) is 47.9. The van der Waals surface area contributed by atoms with Gasteiger partial charge in [-0.1, -0.05) is 48.5 Å². The Morgan fingerprint density at radius 3 is 1.04 bits per heavy atom. The van der Waals surface area contributed by atoms with Gasteiger partial charge in [0, 0.05) is 50.0 Å². The molecule has 25 nitrogen and oxygen atoms in total. The minimum atomic E-state index is -1.67. The molecule has 0 unspecified atom stereocenters. The van der Waals surface area contributed by atoms with Crippen LogP contribution in [0.3, 0.4) is 0 Å². The molecule has 5 aliphatic rings. The third-order valence-electron chi connectivity index (χ3n) is 16.3. The predicted molar refractivity (Wildman–Crippen MR) is 326 cm³/mol. The van der Waals surface area contributed by atoms with Crippen molar-refractivity contribution in [1.29, 1.82) is 0 Å². The van der Waals surface area contributed by atoms with Crippen molar-refractivity contribution in [1.82, 2.24) is 19.9 Å². The molecule has 5 aliphatic heterocycles. The number of hydrogen-bond donors (Lipinski definition) is 16. The molecule has 0 saturated carbocycles. The quantitative estimate of drug-likeness (QED) is 0.0699. The number of carbonyl (C=O) groups excluding carboxylic acids is 1. The lowest BCUT2D eigenvalue weighted by Crippen LogP contribution is -2.60. The number of amides is 1. The summed E-state index contributed by atoms with van der Waals surface area (Å²) in [4.78, 5) is 30.7. The number of nitrogens with two attached hydrogens (primary N) is 1. The number of aliphatic hydroxyl groups excluding tert-OH is 12. The van der Waals surface area contributed by atoms with Crippen LogP contribution in [0.15, 0.2) is 121 Å². The van der Waals surface area contributed by atoms with Gasteiger partial charge in [0.05, 0.1) is 48.6 Å². The molecule has 17 N–H and O–H groups in total. The molecule has 1 amide bonds. The Balaban J connectivity index is 1.04. The largest absolute Gasteiger partial charge is 0.462 e. The van der Waals surface area contributed by atoms with Crippen molar-refractivity contribution in [2.24, 2.45) is 5.73 Å².